The van der Waals surface area contributed by atoms with Crippen LogP contribution in [0.25, 0.3) is 5.69 Å². The number of nitrogens with zero attached hydrogens (tertiary/aromatic N) is 3. The number of aromatic nitrogens is 2. The smallest absolute Gasteiger partial charge is 0.228 e. The Balaban J connectivity index is 2.00. The van der Waals surface area contributed by atoms with Crippen LogP contribution in [0.3, 0.4) is 0 Å². The third-order valence-electron chi connectivity index (χ3n) is 3.91. The average molecular weight is 284 g/mol. The molecule has 1 amide bonds. The zero-order valence-electron chi connectivity index (χ0n) is 12.4. The molecular formula is C16H20N4O. The van der Waals surface area contributed by atoms with E-state index in [9.17, 15) is 4.79 Å². The first-order valence-corrected chi connectivity index (χ1v) is 7.22. The molecule has 110 valence electrons. The molecule has 1 saturated heterocycles. The Hall–Kier alpha value is -2.14. The van der Waals surface area contributed by atoms with Gasteiger partial charge >= 0.3 is 0 Å². The molecule has 1 aliphatic rings. The monoisotopic (exact) mass is 284 g/mol. The second kappa shape index (κ2) is 5.33. The predicted molar refractivity (Wildman–Crippen MR) is 82.6 cm³/mol. The van der Waals surface area contributed by atoms with Crippen molar-refractivity contribution in [3.63, 3.8) is 0 Å². The lowest BCUT2D eigenvalue weighted by molar-refractivity contribution is -0.117. The second-order valence-electron chi connectivity index (χ2n) is 5.70. The highest BCUT2D eigenvalue weighted by molar-refractivity contribution is 5.95. The maximum absolute atomic E-state index is 12.2. The van der Waals surface area contributed by atoms with Crippen LogP contribution in [0.2, 0.25) is 0 Å². The molecule has 1 aliphatic heterocycles. The topological polar surface area (TPSA) is 64.2 Å². The first-order chi connectivity index (χ1) is 10.1. The molecule has 0 spiro atoms. The normalized spacial score (nSPS) is 18.5. The molecule has 0 saturated carbocycles. The van der Waals surface area contributed by atoms with E-state index in [0.717, 1.165) is 17.2 Å². The SMILES string of the molecule is Cc1ccc(-n2nc(C)cc2N2CC(CN)CC2=O)cc1. The number of carbonyl (C=O) groups is 1. The third kappa shape index (κ3) is 2.56. The molecule has 0 bridgehead atoms. The number of hydrogen-bond donors (Lipinski definition) is 1. The molecule has 1 aromatic carbocycles. The minimum absolute atomic E-state index is 0.124. The van der Waals surface area contributed by atoms with Crippen molar-refractivity contribution < 1.29 is 4.79 Å². The number of rotatable bonds is 3. The fourth-order valence-corrected chi connectivity index (χ4v) is 2.71. The molecule has 2 heterocycles. The number of hydrogen-bond acceptors (Lipinski definition) is 3. The number of nitrogens with two attached hydrogens (primary N) is 1. The summed E-state index contributed by atoms with van der Waals surface area (Å²) in [5, 5.41) is 4.53. The standard InChI is InChI=1S/C16H20N4O/c1-11-3-5-14(6-4-11)20-15(7-12(2)18-20)19-10-13(9-17)8-16(19)21/h3-7,13H,8-10,17H2,1-2H3. The van der Waals surface area contributed by atoms with Crippen molar-refractivity contribution >= 4 is 11.7 Å². The molecule has 2 aromatic rings. The number of carbonyl (C=O) groups excluding carboxylic acids is 1. The zero-order valence-corrected chi connectivity index (χ0v) is 12.4. The van der Waals surface area contributed by atoms with Crippen molar-refractivity contribution in [1.82, 2.24) is 9.78 Å². The summed E-state index contributed by atoms with van der Waals surface area (Å²) in [5.74, 6) is 1.19. The lowest BCUT2D eigenvalue weighted by Gasteiger charge is -2.18. The highest BCUT2D eigenvalue weighted by Crippen LogP contribution is 2.27. The van der Waals surface area contributed by atoms with Crippen molar-refractivity contribution in [3.05, 3.63) is 41.6 Å². The van der Waals surface area contributed by atoms with E-state index >= 15 is 0 Å². The van der Waals surface area contributed by atoms with Gasteiger partial charge in [-0.2, -0.15) is 5.10 Å². The molecule has 0 radical (unpaired) electrons. The van der Waals surface area contributed by atoms with Crippen LogP contribution in [0.4, 0.5) is 5.82 Å². The first-order valence-electron chi connectivity index (χ1n) is 7.22. The van der Waals surface area contributed by atoms with E-state index in [-0.39, 0.29) is 11.8 Å². The maximum atomic E-state index is 12.2. The Morgan fingerprint density at radius 2 is 2.00 bits per heavy atom. The van der Waals surface area contributed by atoms with Crippen LogP contribution < -0.4 is 10.6 Å². The Morgan fingerprint density at radius 3 is 2.62 bits per heavy atom. The van der Waals surface area contributed by atoms with Crippen LogP contribution in [0.1, 0.15) is 17.7 Å². The predicted octanol–water partition coefficient (Wildman–Crippen LogP) is 1.80. The molecule has 5 heteroatoms. The van der Waals surface area contributed by atoms with Gasteiger partial charge in [-0.1, -0.05) is 17.7 Å². The van der Waals surface area contributed by atoms with Crippen molar-refractivity contribution in [3.8, 4) is 5.69 Å². The fourth-order valence-electron chi connectivity index (χ4n) is 2.71. The van der Waals surface area contributed by atoms with Crippen molar-refractivity contribution in [2.75, 3.05) is 18.0 Å². The number of amides is 1. The molecular weight excluding hydrogens is 264 g/mol. The summed E-state index contributed by atoms with van der Waals surface area (Å²) in [6.45, 7) is 5.20. The molecule has 3 rings (SSSR count). The van der Waals surface area contributed by atoms with Crippen LogP contribution in [0.15, 0.2) is 30.3 Å². The number of aryl methyl sites for hydroxylation is 2. The number of anilines is 1. The van der Waals surface area contributed by atoms with Gasteiger partial charge in [0, 0.05) is 19.0 Å². The lowest BCUT2D eigenvalue weighted by atomic mass is 10.1. The molecule has 1 unspecified atom stereocenters. The molecule has 1 aromatic heterocycles. The van der Waals surface area contributed by atoms with E-state index in [2.05, 4.69) is 12.0 Å². The molecule has 1 atom stereocenters. The highest BCUT2D eigenvalue weighted by Gasteiger charge is 2.32. The van der Waals surface area contributed by atoms with Crippen LogP contribution in [-0.4, -0.2) is 28.8 Å². The summed E-state index contributed by atoms with van der Waals surface area (Å²) >= 11 is 0. The second-order valence-corrected chi connectivity index (χ2v) is 5.70. The summed E-state index contributed by atoms with van der Waals surface area (Å²) < 4.78 is 1.84. The molecule has 5 nitrogen and oxygen atoms in total. The largest absolute Gasteiger partial charge is 0.330 e. The van der Waals surface area contributed by atoms with Crippen molar-refractivity contribution in [2.45, 2.75) is 20.3 Å². The van der Waals surface area contributed by atoms with E-state index in [1.165, 1.54) is 5.56 Å². The van der Waals surface area contributed by atoms with Gasteiger partial charge in [0.25, 0.3) is 0 Å². The van der Waals surface area contributed by atoms with Gasteiger partial charge in [-0.3, -0.25) is 9.69 Å². The number of benzene rings is 1. The Kier molecular flexibility index (Phi) is 3.51. The van der Waals surface area contributed by atoms with Crippen LogP contribution in [0, 0.1) is 19.8 Å². The summed E-state index contributed by atoms with van der Waals surface area (Å²) in [4.78, 5) is 14.0. The lowest BCUT2D eigenvalue weighted by Crippen LogP contribution is -2.28. The van der Waals surface area contributed by atoms with Gasteiger partial charge < -0.3 is 5.73 Å². The van der Waals surface area contributed by atoms with E-state index < -0.39 is 0 Å². The molecule has 1 fully saturated rings. The zero-order chi connectivity index (χ0) is 15.0. The van der Waals surface area contributed by atoms with Crippen LogP contribution in [0.5, 0.6) is 0 Å². The van der Waals surface area contributed by atoms with E-state index in [0.29, 0.717) is 19.5 Å². The van der Waals surface area contributed by atoms with Gasteiger partial charge in [0.05, 0.1) is 11.4 Å². The van der Waals surface area contributed by atoms with Crippen LogP contribution in [-0.2, 0) is 4.79 Å². The van der Waals surface area contributed by atoms with Crippen molar-refractivity contribution in [1.29, 1.82) is 0 Å². The van der Waals surface area contributed by atoms with Crippen molar-refractivity contribution in [2.24, 2.45) is 11.7 Å². The minimum atomic E-state index is 0.124. The minimum Gasteiger partial charge on any atom is -0.330 e. The van der Waals surface area contributed by atoms with Gasteiger partial charge in [-0.05, 0) is 38.4 Å². The van der Waals surface area contributed by atoms with Gasteiger partial charge in [0.15, 0.2) is 0 Å². The molecule has 0 aliphatic carbocycles. The van der Waals surface area contributed by atoms with E-state index in [1.807, 2.05) is 41.9 Å². The first kappa shape index (κ1) is 13.8. The molecule has 21 heavy (non-hydrogen) atoms. The van der Waals surface area contributed by atoms with Gasteiger partial charge in [-0.25, -0.2) is 4.68 Å². The third-order valence-corrected chi connectivity index (χ3v) is 3.91. The van der Waals surface area contributed by atoms with E-state index in [4.69, 9.17) is 5.73 Å². The Morgan fingerprint density at radius 1 is 1.29 bits per heavy atom. The fraction of sp³-hybridized carbons (Fsp3) is 0.375. The summed E-state index contributed by atoms with van der Waals surface area (Å²) in [5.41, 5.74) is 8.77. The van der Waals surface area contributed by atoms with Gasteiger partial charge in [0.2, 0.25) is 5.91 Å². The van der Waals surface area contributed by atoms with E-state index in [1.54, 1.807) is 4.90 Å². The summed E-state index contributed by atoms with van der Waals surface area (Å²) in [6, 6.07) is 10.1. The van der Waals surface area contributed by atoms with Crippen LogP contribution >= 0.6 is 0 Å². The Bertz CT molecular complexity index is 659. The Labute approximate surface area is 124 Å². The quantitative estimate of drug-likeness (QED) is 0.934. The van der Waals surface area contributed by atoms with Gasteiger partial charge in [0.1, 0.15) is 5.82 Å². The summed E-state index contributed by atoms with van der Waals surface area (Å²) in [7, 11) is 0. The summed E-state index contributed by atoms with van der Waals surface area (Å²) in [6.07, 6.45) is 0.522. The maximum Gasteiger partial charge on any atom is 0.228 e. The highest BCUT2D eigenvalue weighted by atomic mass is 16.2. The molecule has 2 N–H and O–H groups in total. The van der Waals surface area contributed by atoms with Gasteiger partial charge in [-0.15, -0.1) is 0 Å². The average Bonchev–Trinajstić information content (AvgIpc) is 3.02.